The maximum atomic E-state index is 13.3. The van der Waals surface area contributed by atoms with E-state index in [4.69, 9.17) is 0 Å². The smallest absolute Gasteiger partial charge is 0.264 e. The van der Waals surface area contributed by atoms with E-state index >= 15 is 0 Å². The van der Waals surface area contributed by atoms with Gasteiger partial charge < -0.3 is 4.90 Å². The van der Waals surface area contributed by atoms with E-state index in [1.807, 2.05) is 13.0 Å². The molecule has 6 nitrogen and oxygen atoms in total. The van der Waals surface area contributed by atoms with E-state index in [9.17, 15) is 18.0 Å². The van der Waals surface area contributed by atoms with Gasteiger partial charge in [0.05, 0.1) is 10.6 Å². The first-order chi connectivity index (χ1) is 12.8. The zero-order chi connectivity index (χ0) is 19.3. The Morgan fingerprint density at radius 3 is 2.48 bits per heavy atom. The highest BCUT2D eigenvalue weighted by atomic mass is 32.2. The predicted molar refractivity (Wildman–Crippen MR) is 103 cm³/mol. The van der Waals surface area contributed by atoms with E-state index in [0.29, 0.717) is 24.2 Å². The second-order valence-electron chi connectivity index (χ2n) is 6.98. The van der Waals surface area contributed by atoms with Crippen LogP contribution in [0.3, 0.4) is 0 Å². The molecule has 140 valence electrons. The molecule has 0 unspecified atom stereocenters. The normalized spacial score (nSPS) is 16.3. The minimum atomic E-state index is -3.79. The van der Waals surface area contributed by atoms with Crippen molar-refractivity contribution in [2.45, 2.75) is 31.6 Å². The summed E-state index contributed by atoms with van der Waals surface area (Å²) in [5.74, 6) is -0.0885. The Kier molecular flexibility index (Phi) is 4.07. The molecule has 2 aliphatic heterocycles. The Morgan fingerprint density at radius 1 is 1.00 bits per heavy atom. The van der Waals surface area contributed by atoms with Gasteiger partial charge in [0.15, 0.2) is 5.78 Å². The van der Waals surface area contributed by atoms with E-state index in [1.54, 1.807) is 35.2 Å². The molecule has 0 atom stereocenters. The number of aryl methyl sites for hydroxylation is 1. The first-order valence-electron chi connectivity index (χ1n) is 8.86. The quantitative estimate of drug-likeness (QED) is 0.798. The second-order valence-corrected chi connectivity index (χ2v) is 8.84. The molecule has 27 heavy (non-hydrogen) atoms. The van der Waals surface area contributed by atoms with Gasteiger partial charge in [-0.25, -0.2) is 8.42 Å². The fourth-order valence-electron chi connectivity index (χ4n) is 3.79. The lowest BCUT2D eigenvalue weighted by Crippen LogP contribution is -2.37. The third-order valence-electron chi connectivity index (χ3n) is 5.18. The molecule has 0 aromatic heterocycles. The topological polar surface area (TPSA) is 74.8 Å². The van der Waals surface area contributed by atoms with Gasteiger partial charge in [0.2, 0.25) is 5.91 Å². The lowest BCUT2D eigenvalue weighted by Gasteiger charge is -2.30. The number of nitrogens with zero attached hydrogens (tertiary/aromatic N) is 2. The number of hydrogen-bond donors (Lipinski definition) is 0. The van der Waals surface area contributed by atoms with Crippen LogP contribution in [0.1, 0.15) is 34.8 Å². The molecule has 0 fully saturated rings. The van der Waals surface area contributed by atoms with E-state index < -0.39 is 10.0 Å². The Morgan fingerprint density at radius 2 is 1.74 bits per heavy atom. The van der Waals surface area contributed by atoms with Crippen molar-refractivity contribution in [2.24, 2.45) is 0 Å². The van der Waals surface area contributed by atoms with Gasteiger partial charge in [0.25, 0.3) is 10.0 Å². The second kappa shape index (κ2) is 6.20. The van der Waals surface area contributed by atoms with Crippen molar-refractivity contribution in [1.29, 1.82) is 0 Å². The van der Waals surface area contributed by atoms with E-state index in [2.05, 4.69) is 0 Å². The highest BCUT2D eigenvalue weighted by Crippen LogP contribution is 2.35. The number of fused-ring (bicyclic) bond motifs is 2. The number of rotatable bonds is 2. The minimum Gasteiger partial charge on any atom is -0.312 e. The molecular formula is C20H20N2O4S. The lowest BCUT2D eigenvalue weighted by molar-refractivity contribution is -0.116. The van der Waals surface area contributed by atoms with Gasteiger partial charge in [0.1, 0.15) is 0 Å². The molecule has 0 spiro atoms. The molecule has 0 bridgehead atoms. The zero-order valence-corrected chi connectivity index (χ0v) is 16.0. The monoisotopic (exact) mass is 384 g/mol. The molecule has 0 saturated heterocycles. The summed E-state index contributed by atoms with van der Waals surface area (Å²) in [5.41, 5.74) is 3.43. The molecule has 2 aromatic carbocycles. The number of carbonyl (C=O) groups is 2. The van der Waals surface area contributed by atoms with Gasteiger partial charge >= 0.3 is 0 Å². The van der Waals surface area contributed by atoms with Crippen LogP contribution in [0.5, 0.6) is 0 Å². The van der Waals surface area contributed by atoms with Gasteiger partial charge in [-0.05, 0) is 49.2 Å². The van der Waals surface area contributed by atoms with Crippen molar-refractivity contribution >= 4 is 33.1 Å². The van der Waals surface area contributed by atoms with Crippen LogP contribution in [0.4, 0.5) is 11.4 Å². The van der Waals surface area contributed by atoms with Crippen LogP contribution in [0.15, 0.2) is 41.3 Å². The molecule has 4 rings (SSSR count). The number of anilines is 2. The summed E-state index contributed by atoms with van der Waals surface area (Å²) in [4.78, 5) is 25.8. The summed E-state index contributed by atoms with van der Waals surface area (Å²) in [6.07, 6.45) is 0.797. The van der Waals surface area contributed by atoms with Crippen molar-refractivity contribution in [3.8, 4) is 0 Å². The first-order valence-corrected chi connectivity index (χ1v) is 10.3. The van der Waals surface area contributed by atoms with Crippen molar-refractivity contribution in [3.05, 3.63) is 53.1 Å². The van der Waals surface area contributed by atoms with Gasteiger partial charge in [-0.3, -0.25) is 13.9 Å². The fraction of sp³-hybridized carbons (Fsp3) is 0.300. The van der Waals surface area contributed by atoms with Crippen molar-refractivity contribution < 1.29 is 18.0 Å². The van der Waals surface area contributed by atoms with Gasteiger partial charge in [0, 0.05) is 37.7 Å². The predicted octanol–water partition coefficient (Wildman–Crippen LogP) is 2.69. The Balaban J connectivity index is 1.77. The number of ketones is 1. The number of Topliss-reactive ketones (excluding diaryl/α,β-unsaturated/α-hetero) is 1. The molecule has 0 saturated carbocycles. The first kappa shape index (κ1) is 17.7. The molecule has 0 N–H and O–H groups in total. The average Bonchev–Trinajstić information content (AvgIpc) is 3.05. The molecule has 2 aliphatic rings. The third kappa shape index (κ3) is 2.82. The lowest BCUT2D eigenvalue weighted by atomic mass is 10.0. The molecule has 7 heteroatoms. The largest absolute Gasteiger partial charge is 0.312 e. The number of hydrogen-bond acceptors (Lipinski definition) is 4. The molecule has 0 radical (unpaired) electrons. The van der Waals surface area contributed by atoms with Crippen LogP contribution in [-0.2, 0) is 21.2 Å². The highest BCUT2D eigenvalue weighted by Gasteiger charge is 2.33. The van der Waals surface area contributed by atoms with Gasteiger partial charge in [-0.15, -0.1) is 0 Å². The number of amides is 1. The molecule has 2 heterocycles. The van der Waals surface area contributed by atoms with E-state index in [-0.39, 0.29) is 29.6 Å². The Bertz CT molecular complexity index is 1080. The van der Waals surface area contributed by atoms with Crippen LogP contribution < -0.4 is 9.21 Å². The van der Waals surface area contributed by atoms with E-state index in [0.717, 1.165) is 16.8 Å². The minimum absolute atomic E-state index is 0.0359. The summed E-state index contributed by atoms with van der Waals surface area (Å²) in [5, 5.41) is 0. The van der Waals surface area contributed by atoms with Crippen LogP contribution in [0.2, 0.25) is 0 Å². The molecule has 2 aromatic rings. The maximum absolute atomic E-state index is 13.3. The third-order valence-corrected chi connectivity index (χ3v) is 6.99. The average molecular weight is 384 g/mol. The van der Waals surface area contributed by atoms with E-state index in [1.165, 1.54) is 11.2 Å². The Hall–Kier alpha value is -2.67. The summed E-state index contributed by atoms with van der Waals surface area (Å²) in [7, 11) is -3.79. The summed E-state index contributed by atoms with van der Waals surface area (Å²) in [6, 6.07) is 10.1. The number of carbonyl (C=O) groups excluding carboxylic acids is 2. The fourth-order valence-corrected chi connectivity index (χ4v) is 5.33. The molecule has 1 amide bonds. The Labute approximate surface area is 158 Å². The van der Waals surface area contributed by atoms with Crippen molar-refractivity contribution in [3.63, 3.8) is 0 Å². The van der Waals surface area contributed by atoms with Crippen LogP contribution in [-0.4, -0.2) is 33.2 Å². The zero-order valence-electron chi connectivity index (χ0n) is 15.2. The molecule has 0 aliphatic carbocycles. The standard InChI is InChI=1S/C20H20N2O4S/c1-13-3-5-19-17(11-13)20(24)8-10-22(19)27(25,26)16-4-6-18-15(12-16)7-9-21(18)14(2)23/h3-6,11-12H,7-10H2,1-2H3. The van der Waals surface area contributed by atoms with Gasteiger partial charge in [-0.2, -0.15) is 0 Å². The highest BCUT2D eigenvalue weighted by molar-refractivity contribution is 7.92. The van der Waals surface area contributed by atoms with Crippen LogP contribution >= 0.6 is 0 Å². The molecular weight excluding hydrogens is 364 g/mol. The van der Waals surface area contributed by atoms with Crippen molar-refractivity contribution in [1.82, 2.24) is 0 Å². The van der Waals surface area contributed by atoms with Crippen molar-refractivity contribution in [2.75, 3.05) is 22.3 Å². The maximum Gasteiger partial charge on any atom is 0.264 e. The number of sulfonamides is 1. The summed E-state index contributed by atoms with van der Waals surface area (Å²) >= 11 is 0. The number of benzene rings is 2. The SMILES string of the molecule is CC(=O)N1CCc2cc(S(=O)(=O)N3CCC(=O)c4cc(C)ccc43)ccc21. The van der Waals surface area contributed by atoms with Crippen LogP contribution in [0.25, 0.3) is 0 Å². The van der Waals surface area contributed by atoms with Gasteiger partial charge in [-0.1, -0.05) is 11.6 Å². The van der Waals surface area contributed by atoms with Crippen LogP contribution in [0, 0.1) is 6.92 Å². The summed E-state index contributed by atoms with van der Waals surface area (Å²) in [6.45, 7) is 4.08. The summed E-state index contributed by atoms with van der Waals surface area (Å²) < 4.78 is 27.9.